The SMILES string of the molecule is Cc1ccc([N+](=O)[O-])c(OCC(=O)Cc2ccccc2)c1. The van der Waals surface area contributed by atoms with Crippen LogP contribution in [0.3, 0.4) is 0 Å². The summed E-state index contributed by atoms with van der Waals surface area (Å²) in [6.45, 7) is 1.63. The smallest absolute Gasteiger partial charge is 0.310 e. The van der Waals surface area contributed by atoms with E-state index >= 15 is 0 Å². The maximum absolute atomic E-state index is 11.9. The Morgan fingerprint density at radius 2 is 1.90 bits per heavy atom. The van der Waals surface area contributed by atoms with Crippen molar-refractivity contribution in [3.63, 3.8) is 0 Å². The molecule has 0 aromatic heterocycles. The Morgan fingerprint density at radius 1 is 1.19 bits per heavy atom. The first-order valence-electron chi connectivity index (χ1n) is 6.50. The summed E-state index contributed by atoms with van der Waals surface area (Å²) in [6, 6.07) is 13.9. The molecule has 21 heavy (non-hydrogen) atoms. The second-order valence-corrected chi connectivity index (χ2v) is 4.72. The predicted octanol–water partition coefficient (Wildman–Crippen LogP) is 3.09. The van der Waals surface area contributed by atoms with Gasteiger partial charge in [-0.15, -0.1) is 0 Å². The molecule has 0 spiro atoms. The van der Waals surface area contributed by atoms with E-state index in [1.807, 2.05) is 37.3 Å². The zero-order valence-electron chi connectivity index (χ0n) is 11.6. The van der Waals surface area contributed by atoms with E-state index in [-0.39, 0.29) is 30.2 Å². The first-order valence-corrected chi connectivity index (χ1v) is 6.50. The summed E-state index contributed by atoms with van der Waals surface area (Å²) in [5, 5.41) is 10.9. The highest BCUT2D eigenvalue weighted by atomic mass is 16.6. The van der Waals surface area contributed by atoms with Crippen LogP contribution in [-0.4, -0.2) is 17.3 Å². The monoisotopic (exact) mass is 285 g/mol. The minimum Gasteiger partial charge on any atom is -0.479 e. The van der Waals surface area contributed by atoms with E-state index in [0.29, 0.717) is 0 Å². The van der Waals surface area contributed by atoms with Crippen molar-refractivity contribution in [1.29, 1.82) is 0 Å². The van der Waals surface area contributed by atoms with E-state index in [1.165, 1.54) is 6.07 Å². The molecule has 0 aliphatic rings. The van der Waals surface area contributed by atoms with Crippen molar-refractivity contribution < 1.29 is 14.5 Å². The third-order valence-corrected chi connectivity index (χ3v) is 2.94. The van der Waals surface area contributed by atoms with Crippen LogP contribution in [0.4, 0.5) is 5.69 Å². The summed E-state index contributed by atoms with van der Waals surface area (Å²) >= 11 is 0. The van der Waals surface area contributed by atoms with E-state index in [4.69, 9.17) is 4.74 Å². The third-order valence-electron chi connectivity index (χ3n) is 2.94. The van der Waals surface area contributed by atoms with Gasteiger partial charge in [-0.3, -0.25) is 14.9 Å². The van der Waals surface area contributed by atoms with Gasteiger partial charge in [0.05, 0.1) is 4.92 Å². The lowest BCUT2D eigenvalue weighted by Crippen LogP contribution is -2.14. The molecule has 2 aromatic carbocycles. The van der Waals surface area contributed by atoms with Gasteiger partial charge in [-0.25, -0.2) is 0 Å². The lowest BCUT2D eigenvalue weighted by molar-refractivity contribution is -0.385. The number of nitro groups is 1. The van der Waals surface area contributed by atoms with Gasteiger partial charge in [0.25, 0.3) is 0 Å². The van der Waals surface area contributed by atoms with E-state index in [2.05, 4.69) is 0 Å². The zero-order chi connectivity index (χ0) is 15.2. The molecule has 0 radical (unpaired) electrons. The highest BCUT2D eigenvalue weighted by Gasteiger charge is 2.16. The zero-order valence-corrected chi connectivity index (χ0v) is 11.6. The topological polar surface area (TPSA) is 69.4 Å². The lowest BCUT2D eigenvalue weighted by Gasteiger charge is -2.07. The first-order chi connectivity index (χ1) is 10.1. The fraction of sp³-hybridized carbons (Fsp3) is 0.188. The molecular weight excluding hydrogens is 270 g/mol. The summed E-state index contributed by atoms with van der Waals surface area (Å²) < 4.78 is 5.32. The van der Waals surface area contributed by atoms with E-state index in [1.54, 1.807) is 12.1 Å². The number of benzene rings is 2. The molecule has 5 nitrogen and oxygen atoms in total. The summed E-state index contributed by atoms with van der Waals surface area (Å²) in [5.41, 5.74) is 1.60. The minimum absolute atomic E-state index is 0.126. The number of carbonyl (C=O) groups excluding carboxylic acids is 1. The van der Waals surface area contributed by atoms with Gasteiger partial charge in [-0.1, -0.05) is 36.4 Å². The Morgan fingerprint density at radius 3 is 2.57 bits per heavy atom. The molecule has 0 heterocycles. The molecule has 0 bridgehead atoms. The average Bonchev–Trinajstić information content (AvgIpc) is 2.46. The number of hydrogen-bond acceptors (Lipinski definition) is 4. The number of rotatable bonds is 6. The Hall–Kier alpha value is -2.69. The van der Waals surface area contributed by atoms with Crippen molar-refractivity contribution in [1.82, 2.24) is 0 Å². The highest BCUT2D eigenvalue weighted by Crippen LogP contribution is 2.27. The number of carbonyl (C=O) groups is 1. The van der Waals surface area contributed by atoms with Gasteiger partial charge in [0.2, 0.25) is 0 Å². The van der Waals surface area contributed by atoms with Crippen LogP contribution in [0.25, 0.3) is 0 Å². The van der Waals surface area contributed by atoms with Crippen molar-refractivity contribution in [2.75, 3.05) is 6.61 Å². The minimum atomic E-state index is -0.517. The predicted molar refractivity (Wildman–Crippen MR) is 78.5 cm³/mol. The second-order valence-electron chi connectivity index (χ2n) is 4.72. The van der Waals surface area contributed by atoms with Gasteiger partial charge >= 0.3 is 5.69 Å². The van der Waals surface area contributed by atoms with Crippen molar-refractivity contribution >= 4 is 11.5 Å². The molecule has 0 aliphatic carbocycles. The van der Waals surface area contributed by atoms with Crippen LogP contribution in [0.1, 0.15) is 11.1 Å². The molecule has 0 N–H and O–H groups in total. The summed E-state index contributed by atoms with van der Waals surface area (Å²) in [4.78, 5) is 22.2. The summed E-state index contributed by atoms with van der Waals surface area (Å²) in [5.74, 6) is -0.00147. The van der Waals surface area contributed by atoms with Gasteiger partial charge in [-0.2, -0.15) is 0 Å². The molecule has 5 heteroatoms. The van der Waals surface area contributed by atoms with Gasteiger partial charge in [0.15, 0.2) is 11.5 Å². The number of hydrogen-bond donors (Lipinski definition) is 0. The Kier molecular flexibility index (Phi) is 4.66. The lowest BCUT2D eigenvalue weighted by atomic mass is 10.1. The molecule has 0 saturated heterocycles. The Balaban J connectivity index is 2.01. The second kappa shape index (κ2) is 6.65. The Bertz CT molecular complexity index is 653. The Labute approximate surface area is 122 Å². The molecule has 108 valence electrons. The van der Waals surface area contributed by atoms with Crippen molar-refractivity contribution in [3.8, 4) is 5.75 Å². The van der Waals surface area contributed by atoms with Crippen LogP contribution < -0.4 is 4.74 Å². The maximum atomic E-state index is 11.9. The maximum Gasteiger partial charge on any atom is 0.310 e. The van der Waals surface area contributed by atoms with Crippen LogP contribution in [0.15, 0.2) is 48.5 Å². The van der Waals surface area contributed by atoms with Gasteiger partial charge < -0.3 is 4.74 Å². The molecule has 0 unspecified atom stereocenters. The molecule has 0 saturated carbocycles. The molecule has 0 amide bonds. The fourth-order valence-electron chi connectivity index (χ4n) is 1.92. The standard InChI is InChI=1S/C16H15NO4/c1-12-7-8-15(17(19)20)16(9-12)21-11-14(18)10-13-5-3-2-4-6-13/h2-9H,10-11H2,1H3. The fourth-order valence-corrected chi connectivity index (χ4v) is 1.92. The number of aryl methyl sites for hydroxylation is 1. The van der Waals surface area contributed by atoms with Crippen LogP contribution in [0.5, 0.6) is 5.75 Å². The van der Waals surface area contributed by atoms with Crippen molar-refractivity contribution in [3.05, 3.63) is 69.8 Å². The summed E-state index contributed by atoms with van der Waals surface area (Å²) in [6.07, 6.45) is 0.250. The number of nitrogens with zero attached hydrogens (tertiary/aromatic N) is 1. The van der Waals surface area contributed by atoms with Crippen LogP contribution in [0.2, 0.25) is 0 Å². The molecule has 0 atom stereocenters. The van der Waals surface area contributed by atoms with E-state index in [9.17, 15) is 14.9 Å². The molecule has 0 fully saturated rings. The largest absolute Gasteiger partial charge is 0.479 e. The molecule has 2 aromatic rings. The van der Waals surface area contributed by atoms with Gasteiger partial charge in [0.1, 0.15) is 6.61 Å². The average molecular weight is 285 g/mol. The quantitative estimate of drug-likeness (QED) is 0.604. The highest BCUT2D eigenvalue weighted by molar-refractivity contribution is 5.82. The summed E-state index contributed by atoms with van der Waals surface area (Å²) in [7, 11) is 0. The normalized spacial score (nSPS) is 10.1. The van der Waals surface area contributed by atoms with Crippen LogP contribution in [-0.2, 0) is 11.2 Å². The molecular formula is C16H15NO4. The first kappa shape index (κ1) is 14.7. The number of ether oxygens (including phenoxy) is 1. The third kappa shape index (κ3) is 4.14. The van der Waals surface area contributed by atoms with Crippen LogP contribution in [0, 0.1) is 17.0 Å². The van der Waals surface area contributed by atoms with E-state index in [0.717, 1.165) is 11.1 Å². The van der Waals surface area contributed by atoms with E-state index < -0.39 is 4.92 Å². The van der Waals surface area contributed by atoms with Crippen molar-refractivity contribution in [2.45, 2.75) is 13.3 Å². The molecule has 2 rings (SSSR count). The van der Waals surface area contributed by atoms with Crippen LogP contribution >= 0.6 is 0 Å². The van der Waals surface area contributed by atoms with Crippen molar-refractivity contribution in [2.24, 2.45) is 0 Å². The molecule has 0 aliphatic heterocycles. The number of nitro benzene ring substituents is 1. The number of Topliss-reactive ketones (excluding diaryl/α,β-unsaturated/α-hetero) is 1. The van der Waals surface area contributed by atoms with Gasteiger partial charge in [-0.05, 0) is 24.1 Å². The number of ketones is 1. The van der Waals surface area contributed by atoms with Gasteiger partial charge in [0, 0.05) is 12.5 Å².